The van der Waals surface area contributed by atoms with Gasteiger partial charge in [0.15, 0.2) is 5.03 Å². The van der Waals surface area contributed by atoms with Gasteiger partial charge in [-0.05, 0) is 70.4 Å². The van der Waals surface area contributed by atoms with Crippen molar-refractivity contribution in [3.63, 3.8) is 0 Å². The van der Waals surface area contributed by atoms with Crippen molar-refractivity contribution in [2.45, 2.75) is 75.1 Å². The summed E-state index contributed by atoms with van der Waals surface area (Å²) in [6.07, 6.45) is 4.01. The summed E-state index contributed by atoms with van der Waals surface area (Å²) < 4.78 is 70.8. The lowest BCUT2D eigenvalue weighted by molar-refractivity contribution is -0.00833. The molecular formula is C33H47N5O8S2. The fourth-order valence-corrected chi connectivity index (χ4v) is 7.64. The van der Waals surface area contributed by atoms with Gasteiger partial charge in [-0.1, -0.05) is 24.6 Å². The van der Waals surface area contributed by atoms with E-state index in [1.807, 2.05) is 20.8 Å². The maximum Gasteiger partial charge on any atom is 0.280 e. The Labute approximate surface area is 284 Å². The molecule has 264 valence electrons. The molecule has 48 heavy (non-hydrogen) atoms. The number of carbonyl (C=O) groups excluding carboxylic acids is 1. The van der Waals surface area contributed by atoms with Gasteiger partial charge in [0.2, 0.25) is 10.0 Å². The Balaban J connectivity index is 1.67. The molecule has 0 saturated carbocycles. The summed E-state index contributed by atoms with van der Waals surface area (Å²) in [5, 5.41) is 10.0. The second kappa shape index (κ2) is 15.8. The maximum atomic E-state index is 14.3. The number of aliphatic hydroxyl groups is 1. The summed E-state index contributed by atoms with van der Waals surface area (Å²) in [6.45, 7) is 7.56. The van der Waals surface area contributed by atoms with Crippen molar-refractivity contribution < 1.29 is 36.2 Å². The second-order valence-electron chi connectivity index (χ2n) is 12.6. The van der Waals surface area contributed by atoms with Gasteiger partial charge in [0.05, 0.1) is 41.6 Å². The zero-order valence-electron chi connectivity index (χ0n) is 28.4. The molecule has 2 heterocycles. The molecular weight excluding hydrogens is 659 g/mol. The van der Waals surface area contributed by atoms with Crippen LogP contribution in [0.25, 0.3) is 0 Å². The Hall–Kier alpha value is -3.50. The number of sulfonamides is 2. The number of aromatic nitrogens is 2. The molecule has 1 aromatic heterocycles. The average Bonchev–Trinajstić information content (AvgIpc) is 3.49. The quantitative estimate of drug-likeness (QED) is 0.339. The summed E-state index contributed by atoms with van der Waals surface area (Å²) >= 11 is 0. The molecule has 0 bridgehead atoms. The number of hydrogen-bond donors (Lipinski definition) is 2. The molecule has 0 fully saturated rings. The monoisotopic (exact) mass is 705 g/mol. The minimum absolute atomic E-state index is 0.0441. The number of nitrogens with zero attached hydrogens (tertiary/aromatic N) is 4. The molecule has 0 spiro atoms. The molecule has 2 aromatic carbocycles. The number of imidazole rings is 1. The third-order valence-corrected chi connectivity index (χ3v) is 11.5. The lowest BCUT2D eigenvalue weighted by Gasteiger charge is -2.35. The van der Waals surface area contributed by atoms with Gasteiger partial charge in [-0.2, -0.15) is 12.7 Å². The van der Waals surface area contributed by atoms with Crippen LogP contribution in [0.1, 0.15) is 56.0 Å². The molecule has 1 aliphatic rings. The summed E-state index contributed by atoms with van der Waals surface area (Å²) in [7, 11) is -4.70. The molecule has 0 saturated heterocycles. The van der Waals surface area contributed by atoms with Crippen molar-refractivity contribution in [3.05, 3.63) is 66.1 Å². The van der Waals surface area contributed by atoms with Crippen molar-refractivity contribution in [2.24, 2.45) is 13.0 Å². The zero-order chi connectivity index (χ0) is 35.2. The van der Waals surface area contributed by atoms with Gasteiger partial charge in [0.1, 0.15) is 5.75 Å². The minimum atomic E-state index is -4.05. The van der Waals surface area contributed by atoms with Gasteiger partial charge in [0, 0.05) is 51.6 Å². The van der Waals surface area contributed by atoms with Crippen molar-refractivity contribution in [1.82, 2.24) is 18.8 Å². The van der Waals surface area contributed by atoms with Crippen molar-refractivity contribution in [3.8, 4) is 5.75 Å². The van der Waals surface area contributed by atoms with Gasteiger partial charge in [-0.15, -0.1) is 0 Å². The molecule has 0 aliphatic carbocycles. The summed E-state index contributed by atoms with van der Waals surface area (Å²) in [6, 6.07) is 10.5. The van der Waals surface area contributed by atoms with Gasteiger partial charge >= 0.3 is 0 Å². The first-order valence-electron chi connectivity index (χ1n) is 16.0. The van der Waals surface area contributed by atoms with Crippen LogP contribution in [0.5, 0.6) is 5.75 Å². The number of ether oxygens (including phenoxy) is 2. The Bertz CT molecular complexity index is 1760. The SMILES string of the molecule is Cc1ccc(S(=O)(=O)N(C)C[C@H]2OCCCC[C@H](C)Oc3ccc(NS(=O)(=O)c4cn(C)cn4)cc3C(=O)N([C@@H](C)CO)C[C@@H]2C)cc1. The summed E-state index contributed by atoms with van der Waals surface area (Å²) in [5.41, 5.74) is 1.20. The van der Waals surface area contributed by atoms with Crippen molar-refractivity contribution in [1.29, 1.82) is 0 Å². The van der Waals surface area contributed by atoms with Gasteiger partial charge < -0.3 is 24.0 Å². The van der Waals surface area contributed by atoms with Crippen LogP contribution >= 0.6 is 0 Å². The fraction of sp³-hybridized carbons (Fsp3) is 0.515. The van der Waals surface area contributed by atoms with Crippen molar-refractivity contribution >= 4 is 31.6 Å². The molecule has 1 aliphatic heterocycles. The Morgan fingerprint density at radius 2 is 1.81 bits per heavy atom. The number of benzene rings is 2. The van der Waals surface area contributed by atoms with E-state index in [-0.39, 0.29) is 58.6 Å². The largest absolute Gasteiger partial charge is 0.490 e. The Kier molecular flexibility index (Phi) is 12.3. The lowest BCUT2D eigenvalue weighted by Crippen LogP contribution is -2.48. The number of fused-ring (bicyclic) bond motifs is 1. The van der Waals surface area contributed by atoms with Gasteiger partial charge in [-0.3, -0.25) is 9.52 Å². The fourth-order valence-electron chi connectivity index (χ4n) is 5.43. The van der Waals surface area contributed by atoms with Crippen LogP contribution in [0.3, 0.4) is 0 Å². The van der Waals surface area contributed by atoms with E-state index in [1.165, 1.54) is 45.5 Å². The maximum absolute atomic E-state index is 14.3. The third-order valence-electron chi connectivity index (χ3n) is 8.43. The standard InChI is InChI=1S/C33H47N5O8S2/c1-23-10-13-28(14-11-23)48(43,44)37(6)19-31-24(2)18-38(25(3)21-39)33(40)29-17-27(35-47(41,42)32-20-36(5)22-34-32)12-15-30(29)46-26(4)9-7-8-16-45-31/h10-15,17,20,22,24-26,31,35,39H,7-9,16,18-19,21H2,1-6H3/t24-,25-,26-,31+/m0/s1. The van der Waals surface area contributed by atoms with E-state index >= 15 is 0 Å². The zero-order valence-corrected chi connectivity index (χ0v) is 30.0. The molecule has 0 unspecified atom stereocenters. The van der Waals surface area contributed by atoms with Crippen LogP contribution < -0.4 is 9.46 Å². The number of nitrogens with one attached hydrogen (secondary N) is 1. The van der Waals surface area contributed by atoms with E-state index in [0.29, 0.717) is 19.4 Å². The first-order valence-corrected chi connectivity index (χ1v) is 18.9. The predicted octanol–water partition coefficient (Wildman–Crippen LogP) is 3.65. The number of amides is 1. The highest BCUT2D eigenvalue weighted by molar-refractivity contribution is 7.92. The number of likely N-dealkylation sites (N-methyl/N-ethyl adjacent to an activating group) is 1. The second-order valence-corrected chi connectivity index (χ2v) is 16.3. The molecule has 4 rings (SSSR count). The first kappa shape index (κ1) is 37.3. The van der Waals surface area contributed by atoms with Gasteiger partial charge in [0.25, 0.3) is 15.9 Å². The topological polar surface area (TPSA) is 160 Å². The van der Waals surface area contributed by atoms with E-state index in [9.17, 15) is 26.7 Å². The molecule has 3 aromatic rings. The van der Waals surface area contributed by atoms with Crippen molar-refractivity contribution in [2.75, 3.05) is 38.1 Å². The number of carbonyl (C=O) groups is 1. The molecule has 0 radical (unpaired) electrons. The van der Waals surface area contributed by atoms with Crippen LogP contribution in [0.4, 0.5) is 5.69 Å². The first-order chi connectivity index (χ1) is 22.6. The number of rotatable bonds is 9. The van der Waals surface area contributed by atoms with Crippen LogP contribution in [-0.4, -0.2) is 98.2 Å². The van der Waals surface area contributed by atoms with Crippen LogP contribution in [0, 0.1) is 12.8 Å². The smallest absolute Gasteiger partial charge is 0.280 e. The molecule has 1 amide bonds. The average molecular weight is 706 g/mol. The highest BCUT2D eigenvalue weighted by Gasteiger charge is 2.32. The van der Waals surface area contributed by atoms with E-state index < -0.39 is 38.1 Å². The van der Waals surface area contributed by atoms with E-state index in [4.69, 9.17) is 9.47 Å². The normalized spacial score (nSPS) is 20.9. The number of aliphatic hydroxyl groups excluding tert-OH is 1. The number of hydrogen-bond acceptors (Lipinski definition) is 9. The molecule has 15 heteroatoms. The van der Waals surface area contributed by atoms with E-state index in [1.54, 1.807) is 44.3 Å². The Morgan fingerprint density at radius 3 is 2.46 bits per heavy atom. The summed E-state index contributed by atoms with van der Waals surface area (Å²) in [5.74, 6) is -0.568. The minimum Gasteiger partial charge on any atom is -0.490 e. The number of aryl methyl sites for hydroxylation is 2. The van der Waals surface area contributed by atoms with E-state index in [0.717, 1.165) is 12.0 Å². The molecule has 4 atom stereocenters. The van der Waals surface area contributed by atoms with Crippen LogP contribution in [0.15, 0.2) is 64.9 Å². The predicted molar refractivity (Wildman–Crippen MR) is 182 cm³/mol. The number of anilines is 1. The van der Waals surface area contributed by atoms with Crippen LogP contribution in [-0.2, 0) is 31.8 Å². The third kappa shape index (κ3) is 9.14. The molecule has 2 N–H and O–H groups in total. The van der Waals surface area contributed by atoms with Gasteiger partial charge in [-0.25, -0.2) is 13.4 Å². The molecule has 13 nitrogen and oxygen atoms in total. The van der Waals surface area contributed by atoms with Crippen LogP contribution in [0.2, 0.25) is 0 Å². The lowest BCUT2D eigenvalue weighted by atomic mass is 10.0. The Morgan fingerprint density at radius 1 is 1.10 bits per heavy atom. The van der Waals surface area contributed by atoms with E-state index in [2.05, 4.69) is 9.71 Å². The highest BCUT2D eigenvalue weighted by Crippen LogP contribution is 2.29. The summed E-state index contributed by atoms with van der Waals surface area (Å²) in [4.78, 5) is 19.9. The highest BCUT2D eigenvalue weighted by atomic mass is 32.2.